The molecule has 3 aliphatic rings. The Morgan fingerprint density at radius 2 is 1.90 bits per heavy atom. The van der Waals surface area contributed by atoms with E-state index in [4.69, 9.17) is 27.3 Å². The molecule has 3 aliphatic heterocycles. The van der Waals surface area contributed by atoms with Crippen LogP contribution in [0.4, 0.5) is 5.13 Å². The van der Waals surface area contributed by atoms with Crippen LogP contribution < -0.4 is 16.4 Å². The summed E-state index contributed by atoms with van der Waals surface area (Å²) in [5.41, 5.74) is 5.60. The van der Waals surface area contributed by atoms with Crippen molar-refractivity contribution in [3.05, 3.63) is 45.1 Å². The second-order valence-corrected chi connectivity index (χ2v) is 14.7. The van der Waals surface area contributed by atoms with Crippen molar-refractivity contribution in [3.8, 4) is 11.5 Å². The number of carboxylic acids is 2. The van der Waals surface area contributed by atoms with E-state index in [0.29, 0.717) is 23.1 Å². The average molecular weight is 753 g/mol. The average Bonchev–Trinajstić information content (AvgIpc) is 3.41. The quantitative estimate of drug-likeness (QED) is 0.0499. The number of hydrogen-bond acceptors (Lipinski definition) is 13. The number of aliphatic carboxylic acids is 2. The number of halogens is 1. The van der Waals surface area contributed by atoms with Gasteiger partial charge in [0.2, 0.25) is 6.10 Å². The smallest absolute Gasteiger partial charge is 0.352 e. The number of β-lactam (4-membered cyclic amide) rings is 1. The Morgan fingerprint density at radius 3 is 2.52 bits per heavy atom. The minimum absolute atomic E-state index is 0.00318. The van der Waals surface area contributed by atoms with E-state index in [9.17, 15) is 39.3 Å². The number of aromatic nitrogens is 1. The van der Waals surface area contributed by atoms with Gasteiger partial charge in [0.15, 0.2) is 22.3 Å². The number of amides is 3. The molecule has 268 valence electrons. The highest BCUT2D eigenvalue weighted by Crippen LogP contribution is 2.41. The lowest BCUT2D eigenvalue weighted by Gasteiger charge is -2.50. The van der Waals surface area contributed by atoms with Crippen LogP contribution >= 0.6 is 34.7 Å². The summed E-state index contributed by atoms with van der Waals surface area (Å²) in [5.74, 6) is -5.19. The number of oxime groups is 1. The van der Waals surface area contributed by atoms with E-state index in [1.807, 2.05) is 0 Å². The zero-order valence-corrected chi connectivity index (χ0v) is 29.0. The second kappa shape index (κ2) is 15.1. The van der Waals surface area contributed by atoms with Crippen LogP contribution in [-0.4, -0.2) is 126 Å². The fourth-order valence-electron chi connectivity index (χ4n) is 6.07. The summed E-state index contributed by atoms with van der Waals surface area (Å²) in [4.78, 5) is 73.6. The maximum Gasteiger partial charge on any atom is 0.352 e. The van der Waals surface area contributed by atoms with Gasteiger partial charge < -0.3 is 46.1 Å². The molecule has 2 saturated heterocycles. The van der Waals surface area contributed by atoms with Crippen molar-refractivity contribution in [2.75, 3.05) is 44.2 Å². The number of phenols is 2. The summed E-state index contributed by atoms with van der Waals surface area (Å²) >= 11 is 8.32. The van der Waals surface area contributed by atoms with Crippen LogP contribution in [0.25, 0.3) is 0 Å². The highest BCUT2D eigenvalue weighted by molar-refractivity contribution is 8.00. The van der Waals surface area contributed by atoms with Gasteiger partial charge in [0.25, 0.3) is 17.7 Å². The van der Waals surface area contributed by atoms with Gasteiger partial charge in [-0.05, 0) is 44.4 Å². The van der Waals surface area contributed by atoms with E-state index in [1.165, 1.54) is 36.9 Å². The van der Waals surface area contributed by atoms with Crippen LogP contribution in [0.5, 0.6) is 11.5 Å². The number of benzene rings is 1. The van der Waals surface area contributed by atoms with E-state index >= 15 is 0 Å². The van der Waals surface area contributed by atoms with Crippen LogP contribution in [0.3, 0.4) is 0 Å². The van der Waals surface area contributed by atoms with Gasteiger partial charge in [-0.15, -0.1) is 11.8 Å². The molecule has 0 bridgehead atoms. The summed E-state index contributed by atoms with van der Waals surface area (Å²) in [6, 6.07) is 2.63. The number of nitrogens with two attached hydrogens (primary N) is 1. The number of phenolic OH excluding ortho intramolecular Hbond substituents is 2. The molecule has 4 heterocycles. The second-order valence-electron chi connectivity index (χ2n) is 12.0. The maximum absolute atomic E-state index is 13.5. The predicted molar refractivity (Wildman–Crippen MR) is 182 cm³/mol. The Hall–Kier alpha value is -4.59. The number of aromatic hydroxyl groups is 2. The van der Waals surface area contributed by atoms with Gasteiger partial charge in [-0.25, -0.2) is 14.6 Å². The molecule has 0 aliphatic carbocycles. The number of nitrogen functional groups attached to an aromatic ring is 1. The lowest BCUT2D eigenvalue weighted by molar-refractivity contribution is -0.927. The third-order valence-electron chi connectivity index (χ3n) is 8.63. The van der Waals surface area contributed by atoms with Gasteiger partial charge in [0.05, 0.1) is 26.2 Å². The molecule has 20 heteroatoms. The number of nitrogens with one attached hydrogen (secondary N) is 2. The van der Waals surface area contributed by atoms with Gasteiger partial charge in [-0.3, -0.25) is 19.3 Å². The van der Waals surface area contributed by atoms with Crippen LogP contribution in [0, 0.1) is 0 Å². The number of thiazole rings is 1. The van der Waals surface area contributed by atoms with Crippen molar-refractivity contribution >= 4 is 75.2 Å². The molecule has 1 aromatic carbocycles. The lowest BCUT2D eigenvalue weighted by atomic mass is 10.00. The molecule has 2 aromatic rings. The molecule has 0 radical (unpaired) electrons. The fraction of sp³-hybridized carbons (Fsp3) is 0.433. The van der Waals surface area contributed by atoms with Gasteiger partial charge >= 0.3 is 11.9 Å². The summed E-state index contributed by atoms with van der Waals surface area (Å²) in [7, 11) is 0. The summed E-state index contributed by atoms with van der Waals surface area (Å²) in [6.07, 6.45) is 1.38. The first-order valence-electron chi connectivity index (χ1n) is 15.5. The number of hydrogen-bond donors (Lipinski definition) is 7. The third-order valence-corrected chi connectivity index (χ3v) is 11.1. The van der Waals surface area contributed by atoms with Crippen molar-refractivity contribution in [3.63, 3.8) is 0 Å². The fourth-order valence-corrected chi connectivity index (χ4v) is 8.33. The van der Waals surface area contributed by atoms with Crippen LogP contribution in [0.15, 0.2) is 34.6 Å². The number of carbonyl (C=O) groups excluding carboxylic acids is 3. The Balaban J connectivity index is 1.31. The number of piperidine rings is 1. The number of anilines is 1. The molecule has 8 N–H and O–H groups in total. The first kappa shape index (κ1) is 36.7. The molecule has 3 atom stereocenters. The third kappa shape index (κ3) is 7.74. The number of carboxylic acid groups (broad SMARTS) is 2. The van der Waals surface area contributed by atoms with Crippen molar-refractivity contribution in [1.29, 1.82) is 0 Å². The summed E-state index contributed by atoms with van der Waals surface area (Å²) in [6.45, 7) is 3.75. The normalized spacial score (nSPS) is 20.7. The molecular weight excluding hydrogens is 718 g/mol. The number of quaternary nitrogens is 1. The molecule has 50 heavy (non-hydrogen) atoms. The van der Waals surface area contributed by atoms with E-state index < -0.39 is 58.6 Å². The topological polar surface area (TPSA) is 254 Å². The minimum atomic E-state index is -1.43. The van der Waals surface area contributed by atoms with Crippen molar-refractivity contribution in [1.82, 2.24) is 20.5 Å². The van der Waals surface area contributed by atoms with Crippen molar-refractivity contribution in [2.45, 2.75) is 43.7 Å². The largest absolute Gasteiger partial charge is 0.504 e. The van der Waals surface area contributed by atoms with Crippen LogP contribution in [0.1, 0.15) is 42.2 Å². The van der Waals surface area contributed by atoms with Gasteiger partial charge in [-0.1, -0.05) is 28.1 Å². The highest BCUT2D eigenvalue weighted by Gasteiger charge is 2.55. The van der Waals surface area contributed by atoms with Crippen LogP contribution in [0.2, 0.25) is 4.34 Å². The first-order chi connectivity index (χ1) is 23.7. The molecule has 0 spiro atoms. The van der Waals surface area contributed by atoms with E-state index in [2.05, 4.69) is 20.8 Å². The first-order valence-corrected chi connectivity index (χ1v) is 17.7. The zero-order valence-electron chi connectivity index (χ0n) is 26.6. The molecule has 1 aromatic heterocycles. The van der Waals surface area contributed by atoms with Crippen LogP contribution in [-0.2, 0) is 24.0 Å². The predicted octanol–water partition coefficient (Wildman–Crippen LogP) is 1.15. The summed E-state index contributed by atoms with van der Waals surface area (Å²) in [5, 5.41) is 47.1. The molecule has 0 unspecified atom stereocenters. The van der Waals surface area contributed by atoms with E-state index in [0.717, 1.165) is 48.6 Å². The number of carbonyl (C=O) groups is 5. The molecule has 5 rings (SSSR count). The Morgan fingerprint density at radius 1 is 1.18 bits per heavy atom. The monoisotopic (exact) mass is 752 g/mol. The minimum Gasteiger partial charge on any atom is -0.504 e. The van der Waals surface area contributed by atoms with Crippen molar-refractivity contribution < 1.29 is 53.7 Å². The molecule has 3 amide bonds. The van der Waals surface area contributed by atoms with Gasteiger partial charge in [0, 0.05) is 16.9 Å². The Kier molecular flexibility index (Phi) is 11.1. The number of thioether (sulfide) groups is 1. The molecule has 17 nitrogen and oxygen atoms in total. The Labute approximate surface area is 298 Å². The standard InChI is InChI=1S/C30H34ClN7O10S2/c1-14(28(44)45)48-36-20(19-23(31)50-30(32)35-19)25(42)34-21-26(43)37-22(29(46)47)16(13-49-27(21)37)12-38(8-3-2-4-9-38)10-7-33-24(41)15-5-6-17(39)18(40)11-15/h5-6,11,14,21,27H,2-4,7-10,12-13H2,1H3,(H7-,32,33,34,35,36,39,40,41,42,44,45,46,47)/p+1/t14-,21+,27+/m0/s1. The number of rotatable bonds is 13. The zero-order chi connectivity index (χ0) is 36.3. The summed E-state index contributed by atoms with van der Waals surface area (Å²) < 4.78 is 0.471. The van der Waals surface area contributed by atoms with Gasteiger partial charge in [-0.2, -0.15) is 0 Å². The van der Waals surface area contributed by atoms with E-state index in [-0.39, 0.29) is 44.5 Å². The number of nitrogens with zero attached hydrogens (tertiary/aromatic N) is 4. The van der Waals surface area contributed by atoms with Crippen molar-refractivity contribution in [2.24, 2.45) is 5.16 Å². The number of likely N-dealkylation sites (tertiary alicyclic amines) is 1. The lowest BCUT2D eigenvalue weighted by Crippen LogP contribution is -2.71. The molecule has 2 fully saturated rings. The van der Waals surface area contributed by atoms with E-state index in [1.54, 1.807) is 0 Å². The number of fused-ring (bicyclic) bond motifs is 1. The molecular formula is C30H35ClN7O10S2+. The van der Waals surface area contributed by atoms with Gasteiger partial charge in [0.1, 0.15) is 33.7 Å². The highest BCUT2D eigenvalue weighted by atomic mass is 35.5. The Bertz CT molecular complexity index is 1780. The maximum atomic E-state index is 13.5. The SMILES string of the molecule is C[C@H](O/N=C(\C(=O)N[C@@H]1C(=O)N2C(C(=O)O)=C(C[N+]3(CCNC(=O)c4ccc(O)c(O)c4)CCCCC3)CS[C@H]12)c1nc(N)sc1Cl)C(=O)O. The molecule has 0 saturated carbocycles.